The Balaban J connectivity index is 1.64. The molecule has 2 amide bonds. The SMILES string of the molecule is N=C(NC(=O)Cc1ccc(F)c(C(F)(F)F)c1)N[C@H](CC1CCCCC1)C(=O)NCc1ccc(F)c(OC(F)(F)F)c1. The monoisotopic (exact) mass is 608 g/mol. The Kier molecular flexibility index (Phi) is 10.7. The largest absolute Gasteiger partial charge is 0.573 e. The Morgan fingerprint density at radius 2 is 1.57 bits per heavy atom. The Morgan fingerprint density at radius 3 is 2.21 bits per heavy atom. The van der Waals surface area contributed by atoms with Gasteiger partial charge in [0.1, 0.15) is 11.9 Å². The molecular formula is C27H28F8N4O3. The fourth-order valence-corrected chi connectivity index (χ4v) is 4.64. The molecule has 3 rings (SSSR count). The van der Waals surface area contributed by atoms with Crippen molar-refractivity contribution >= 4 is 17.8 Å². The van der Waals surface area contributed by atoms with E-state index in [-0.39, 0.29) is 30.0 Å². The van der Waals surface area contributed by atoms with Crippen LogP contribution in [0.1, 0.15) is 55.2 Å². The molecule has 2 aromatic carbocycles. The van der Waals surface area contributed by atoms with E-state index in [0.29, 0.717) is 12.1 Å². The molecule has 1 aliphatic rings. The van der Waals surface area contributed by atoms with Crippen LogP contribution in [0, 0.1) is 23.0 Å². The zero-order valence-electron chi connectivity index (χ0n) is 22.0. The van der Waals surface area contributed by atoms with Crippen LogP contribution in [0.3, 0.4) is 0 Å². The summed E-state index contributed by atoms with van der Waals surface area (Å²) in [6.07, 6.45) is -5.93. The standard InChI is InChI=1S/C27H28F8N4O3/c28-19-8-6-16(10-18(19)26(30,31)32)13-23(40)39-25(36)38-21(11-15-4-2-1-3-5-15)24(41)37-14-17-7-9-20(29)22(12-17)42-27(33,34)35/h6-10,12,15,21H,1-5,11,13-14H2,(H,37,41)(H3,36,38,39,40)/t21-/m1/s1. The first-order valence-electron chi connectivity index (χ1n) is 12.9. The highest BCUT2D eigenvalue weighted by Crippen LogP contribution is 2.32. The van der Waals surface area contributed by atoms with Crippen LogP contribution < -0.4 is 20.7 Å². The van der Waals surface area contributed by atoms with Gasteiger partial charge in [-0.2, -0.15) is 13.2 Å². The van der Waals surface area contributed by atoms with Crippen LogP contribution >= 0.6 is 0 Å². The average molecular weight is 609 g/mol. The lowest BCUT2D eigenvalue weighted by Crippen LogP contribution is -2.52. The number of guanidine groups is 1. The van der Waals surface area contributed by atoms with Gasteiger partial charge in [-0.05, 0) is 47.7 Å². The molecule has 0 bridgehead atoms. The average Bonchev–Trinajstić information content (AvgIpc) is 2.88. The highest BCUT2D eigenvalue weighted by molar-refractivity contribution is 5.98. The molecule has 1 saturated carbocycles. The molecule has 2 aromatic rings. The summed E-state index contributed by atoms with van der Waals surface area (Å²) in [6, 6.07) is 3.71. The number of amides is 2. The Hall–Kier alpha value is -3.91. The lowest BCUT2D eigenvalue weighted by molar-refractivity contribution is -0.275. The predicted octanol–water partition coefficient (Wildman–Crippen LogP) is 5.72. The Bertz CT molecular complexity index is 1280. The summed E-state index contributed by atoms with van der Waals surface area (Å²) in [6.45, 7) is -0.304. The summed E-state index contributed by atoms with van der Waals surface area (Å²) >= 11 is 0. The maximum Gasteiger partial charge on any atom is 0.573 e. The van der Waals surface area contributed by atoms with Crippen LogP contribution in [0.25, 0.3) is 0 Å². The molecule has 1 atom stereocenters. The smallest absolute Gasteiger partial charge is 0.403 e. The van der Waals surface area contributed by atoms with Gasteiger partial charge < -0.3 is 15.4 Å². The van der Waals surface area contributed by atoms with Crippen molar-refractivity contribution in [1.29, 1.82) is 5.41 Å². The van der Waals surface area contributed by atoms with Crippen LogP contribution in [0.15, 0.2) is 36.4 Å². The maximum atomic E-state index is 13.7. The van der Waals surface area contributed by atoms with Gasteiger partial charge in [0.05, 0.1) is 12.0 Å². The summed E-state index contributed by atoms with van der Waals surface area (Å²) in [4.78, 5) is 25.4. The van der Waals surface area contributed by atoms with Crippen LogP contribution in [-0.4, -0.2) is 30.2 Å². The Morgan fingerprint density at radius 1 is 0.929 bits per heavy atom. The lowest BCUT2D eigenvalue weighted by Gasteiger charge is -2.27. The van der Waals surface area contributed by atoms with E-state index in [1.807, 2.05) is 0 Å². The van der Waals surface area contributed by atoms with E-state index in [2.05, 4.69) is 20.7 Å². The number of ether oxygens (including phenoxy) is 1. The first kappa shape index (κ1) is 32.6. The van der Waals surface area contributed by atoms with E-state index in [9.17, 15) is 44.7 Å². The van der Waals surface area contributed by atoms with Crippen molar-refractivity contribution in [2.24, 2.45) is 5.92 Å². The van der Waals surface area contributed by atoms with Gasteiger partial charge in [0.15, 0.2) is 17.5 Å². The minimum absolute atomic E-state index is 0.0984. The molecule has 7 nitrogen and oxygen atoms in total. The van der Waals surface area contributed by atoms with Gasteiger partial charge in [0.25, 0.3) is 0 Å². The first-order chi connectivity index (χ1) is 19.6. The fourth-order valence-electron chi connectivity index (χ4n) is 4.64. The van der Waals surface area contributed by atoms with Crippen LogP contribution in [0.4, 0.5) is 35.1 Å². The van der Waals surface area contributed by atoms with Crippen molar-refractivity contribution in [1.82, 2.24) is 16.0 Å². The molecule has 4 N–H and O–H groups in total. The number of hydrogen-bond acceptors (Lipinski definition) is 4. The van der Waals surface area contributed by atoms with Gasteiger partial charge in [0, 0.05) is 6.54 Å². The van der Waals surface area contributed by atoms with Crippen molar-refractivity contribution in [2.45, 2.75) is 70.1 Å². The molecule has 0 saturated heterocycles. The second kappa shape index (κ2) is 13.8. The third kappa shape index (κ3) is 10.2. The topological polar surface area (TPSA) is 103 Å². The van der Waals surface area contributed by atoms with E-state index in [1.54, 1.807) is 0 Å². The number of halogens is 8. The minimum Gasteiger partial charge on any atom is -0.403 e. The van der Waals surface area contributed by atoms with Gasteiger partial charge in [0.2, 0.25) is 11.8 Å². The number of carbonyl (C=O) groups excluding carboxylic acids is 2. The third-order valence-corrected chi connectivity index (χ3v) is 6.58. The van der Waals surface area contributed by atoms with Crippen molar-refractivity contribution in [3.63, 3.8) is 0 Å². The lowest BCUT2D eigenvalue weighted by atomic mass is 9.84. The van der Waals surface area contributed by atoms with Gasteiger partial charge in [-0.15, -0.1) is 13.2 Å². The molecule has 0 aromatic heterocycles. The van der Waals surface area contributed by atoms with E-state index in [0.717, 1.165) is 56.4 Å². The zero-order chi connectivity index (χ0) is 31.1. The van der Waals surface area contributed by atoms with E-state index in [1.165, 1.54) is 0 Å². The normalized spacial score (nSPS) is 15.0. The molecule has 0 radical (unpaired) electrons. The van der Waals surface area contributed by atoms with Gasteiger partial charge >= 0.3 is 12.5 Å². The Labute approximate surface area is 235 Å². The molecule has 0 unspecified atom stereocenters. The van der Waals surface area contributed by atoms with Crippen molar-refractivity contribution in [3.05, 3.63) is 64.7 Å². The molecule has 230 valence electrons. The molecule has 0 aliphatic heterocycles. The molecule has 0 spiro atoms. The number of benzene rings is 2. The molecule has 1 aliphatic carbocycles. The van der Waals surface area contributed by atoms with Gasteiger partial charge in [-0.25, -0.2) is 8.78 Å². The fraction of sp³-hybridized carbons (Fsp3) is 0.444. The number of alkyl halides is 6. The van der Waals surface area contributed by atoms with Gasteiger partial charge in [-0.1, -0.05) is 44.2 Å². The molecule has 0 heterocycles. The van der Waals surface area contributed by atoms with Crippen molar-refractivity contribution in [2.75, 3.05) is 0 Å². The van der Waals surface area contributed by atoms with Gasteiger partial charge in [-0.3, -0.25) is 20.3 Å². The predicted molar refractivity (Wildman–Crippen MR) is 134 cm³/mol. The highest BCUT2D eigenvalue weighted by atomic mass is 19.4. The van der Waals surface area contributed by atoms with Crippen LogP contribution in [-0.2, 0) is 28.7 Å². The summed E-state index contributed by atoms with van der Waals surface area (Å²) < 4.78 is 107. The summed E-state index contributed by atoms with van der Waals surface area (Å²) in [5.41, 5.74) is -1.59. The number of rotatable bonds is 9. The molecule has 42 heavy (non-hydrogen) atoms. The third-order valence-electron chi connectivity index (χ3n) is 6.58. The molecule has 15 heteroatoms. The van der Waals surface area contributed by atoms with E-state index < -0.39 is 65.7 Å². The second-order valence-corrected chi connectivity index (χ2v) is 9.88. The van der Waals surface area contributed by atoms with E-state index >= 15 is 0 Å². The summed E-state index contributed by atoms with van der Waals surface area (Å²) in [5, 5.41) is 15.3. The van der Waals surface area contributed by atoms with Crippen LogP contribution in [0.2, 0.25) is 0 Å². The summed E-state index contributed by atoms with van der Waals surface area (Å²) in [5.74, 6) is -5.89. The first-order valence-corrected chi connectivity index (χ1v) is 12.9. The highest BCUT2D eigenvalue weighted by Gasteiger charge is 2.35. The molecular weight excluding hydrogens is 580 g/mol. The minimum atomic E-state index is -5.13. The maximum absolute atomic E-state index is 13.7. The summed E-state index contributed by atoms with van der Waals surface area (Å²) in [7, 11) is 0. The number of hydrogen-bond donors (Lipinski definition) is 4. The number of nitrogens with one attached hydrogen (secondary N) is 4. The van der Waals surface area contributed by atoms with Crippen molar-refractivity contribution in [3.8, 4) is 5.75 Å². The quantitative estimate of drug-likeness (QED) is 0.166. The number of carbonyl (C=O) groups is 2. The molecule has 1 fully saturated rings. The second-order valence-electron chi connectivity index (χ2n) is 9.88. The van der Waals surface area contributed by atoms with Crippen LogP contribution in [0.5, 0.6) is 5.75 Å². The van der Waals surface area contributed by atoms with Crippen molar-refractivity contribution < 1.29 is 49.4 Å². The van der Waals surface area contributed by atoms with E-state index in [4.69, 9.17) is 5.41 Å². The zero-order valence-corrected chi connectivity index (χ0v) is 22.0.